The molecule has 0 saturated carbocycles. The highest BCUT2D eigenvalue weighted by molar-refractivity contribution is 6.37. The van der Waals surface area contributed by atoms with Crippen LogP contribution in [-0.2, 0) is 22.6 Å². The molecule has 4 aromatic heterocycles. The average molecular weight is 939 g/mol. The molecule has 326 valence electrons. The minimum absolute atomic E-state index is 0. The number of hydrogen-bond acceptors (Lipinski definition) is 12. The number of nitrogens with two attached hydrogens (primary N) is 2. The maximum atomic E-state index is 13.0. The van der Waals surface area contributed by atoms with Crippen LogP contribution in [0.1, 0.15) is 57.8 Å². The maximum Gasteiger partial charge on any atom is 0.356 e. The summed E-state index contributed by atoms with van der Waals surface area (Å²) in [5.41, 5.74) is 14.4. The topological polar surface area (TPSA) is 212 Å². The van der Waals surface area contributed by atoms with Crippen LogP contribution in [0, 0.1) is 0 Å². The number of esters is 2. The highest BCUT2D eigenvalue weighted by Gasteiger charge is 2.29. The number of imidazole rings is 2. The first-order chi connectivity index (χ1) is 28.4. The number of fused-ring (bicyclic) bond motifs is 2. The van der Waals surface area contributed by atoms with Gasteiger partial charge in [0.05, 0.1) is 37.8 Å². The molecule has 0 spiro atoms. The van der Waals surface area contributed by atoms with Crippen molar-refractivity contribution >= 4 is 106 Å². The molecule has 16 nitrogen and oxygen atoms in total. The Morgan fingerprint density at radius 3 is 1.74 bits per heavy atom. The number of nitrogens with zero attached hydrogens (tertiary/aromatic N) is 6. The van der Waals surface area contributed by atoms with Gasteiger partial charge in [-0.1, -0.05) is 71.2 Å². The van der Waals surface area contributed by atoms with E-state index in [1.54, 1.807) is 16.7 Å². The number of nitrogens with one attached hydrogen (secondary N) is 2. The first-order valence-electron chi connectivity index (χ1n) is 19.0. The molecule has 6 heterocycles. The summed E-state index contributed by atoms with van der Waals surface area (Å²) in [7, 11) is 2.49. The minimum atomic E-state index is -0.735. The number of piperidine rings is 2. The van der Waals surface area contributed by atoms with Gasteiger partial charge in [0.1, 0.15) is 27.9 Å². The van der Waals surface area contributed by atoms with Crippen LogP contribution in [-0.4, -0.2) is 93.5 Å². The van der Waals surface area contributed by atoms with Crippen LogP contribution >= 0.6 is 59.6 Å². The standard InChI is InChI=1S/C20H21Cl2N5O3.C20H22ClN5O3.2ClH/c1-30-19(29)16-14(22)15-17(18(28)24-16)27(9-11-5-2-3-7-13(11)21)20(25-15)26-8-4-6-12(23)10-26;1-29-19(28)16-9-15-17(18(27)23-16)26(10-12-5-2-3-7-14(12)21)20(24-15)25-8-4-6-13(22)11-25;;/h2-3,5,7,12H,4,6,8-10,23H2,1H3,(H,24,28);2-3,5,7,9,13H,4,6,8,10-11,22H2,1H3,(H,23,27);2*1H/t12-;13-;;/m11../s1. The van der Waals surface area contributed by atoms with Crippen molar-refractivity contribution < 1.29 is 19.1 Å². The third kappa shape index (κ3) is 9.96. The van der Waals surface area contributed by atoms with Gasteiger partial charge in [-0.15, -0.1) is 24.8 Å². The number of aromatic amines is 2. The van der Waals surface area contributed by atoms with Crippen LogP contribution in [0.25, 0.3) is 22.1 Å². The zero-order valence-corrected chi connectivity index (χ0v) is 37.1. The number of methoxy groups -OCH3 is 2. The summed E-state index contributed by atoms with van der Waals surface area (Å²) in [6.07, 6.45) is 3.73. The molecule has 2 aromatic carbocycles. The fraction of sp³-hybridized carbons (Fsp3) is 0.350. The Kier molecular flexibility index (Phi) is 15.8. The van der Waals surface area contributed by atoms with Crippen molar-refractivity contribution in [2.45, 2.75) is 50.9 Å². The number of benzene rings is 2. The second kappa shape index (κ2) is 20.4. The van der Waals surface area contributed by atoms with Gasteiger partial charge in [-0.3, -0.25) is 9.59 Å². The largest absolute Gasteiger partial charge is 0.464 e. The normalized spacial score (nSPS) is 16.3. The van der Waals surface area contributed by atoms with Crippen LogP contribution in [0.3, 0.4) is 0 Å². The zero-order valence-electron chi connectivity index (χ0n) is 33.2. The Balaban J connectivity index is 0.000000224. The fourth-order valence-corrected chi connectivity index (χ4v) is 8.19. The van der Waals surface area contributed by atoms with Crippen molar-refractivity contribution in [2.24, 2.45) is 11.5 Å². The lowest BCUT2D eigenvalue weighted by molar-refractivity contribution is 0.0585. The molecular formula is C40H45Cl5N10O6. The molecule has 2 saturated heterocycles. The summed E-state index contributed by atoms with van der Waals surface area (Å²) in [5, 5.41) is 1.23. The highest BCUT2D eigenvalue weighted by atomic mass is 35.5. The van der Waals surface area contributed by atoms with E-state index in [1.807, 2.05) is 51.9 Å². The summed E-state index contributed by atoms with van der Waals surface area (Å²) in [6.45, 7) is 3.48. The van der Waals surface area contributed by atoms with Gasteiger partial charge >= 0.3 is 11.9 Å². The van der Waals surface area contributed by atoms with E-state index in [0.717, 1.165) is 49.9 Å². The van der Waals surface area contributed by atoms with Gasteiger partial charge in [-0.05, 0) is 55.0 Å². The molecule has 0 aliphatic carbocycles. The van der Waals surface area contributed by atoms with E-state index in [4.69, 9.17) is 60.7 Å². The first-order valence-corrected chi connectivity index (χ1v) is 20.1. The van der Waals surface area contributed by atoms with E-state index in [0.29, 0.717) is 59.2 Å². The van der Waals surface area contributed by atoms with Crippen molar-refractivity contribution in [3.05, 3.63) is 113 Å². The number of ether oxygens (including phenoxy) is 2. The number of H-pyrrole nitrogens is 2. The van der Waals surface area contributed by atoms with E-state index in [1.165, 1.54) is 14.2 Å². The number of rotatable bonds is 8. The van der Waals surface area contributed by atoms with Gasteiger partial charge in [0, 0.05) is 48.3 Å². The summed E-state index contributed by atoms with van der Waals surface area (Å²) >= 11 is 19.2. The van der Waals surface area contributed by atoms with Gasteiger partial charge in [-0.25, -0.2) is 19.6 Å². The number of carbonyl (C=O) groups excluding carboxylic acids is 2. The van der Waals surface area contributed by atoms with Crippen LogP contribution in [0.2, 0.25) is 15.1 Å². The molecule has 2 atom stereocenters. The van der Waals surface area contributed by atoms with Gasteiger partial charge in [-0.2, -0.15) is 0 Å². The highest BCUT2D eigenvalue weighted by Crippen LogP contribution is 2.31. The van der Waals surface area contributed by atoms with E-state index >= 15 is 0 Å². The van der Waals surface area contributed by atoms with Gasteiger partial charge in [0.25, 0.3) is 11.1 Å². The van der Waals surface area contributed by atoms with E-state index in [-0.39, 0.29) is 64.3 Å². The van der Waals surface area contributed by atoms with Crippen molar-refractivity contribution in [1.29, 1.82) is 0 Å². The molecule has 0 bridgehead atoms. The number of anilines is 2. The maximum absolute atomic E-state index is 13.0. The first kappa shape index (κ1) is 47.2. The molecule has 0 radical (unpaired) electrons. The SMILES string of the molecule is COC(=O)c1[nH]c(=O)c2c(nc(N3CCC[C@@H](N)C3)n2Cc2ccccc2Cl)c1Cl.COC(=O)c1cc2nc(N3CCC[C@@H](N)C3)n(Cc3ccccc3Cl)c2c(=O)[nH]1.Cl.Cl. The lowest BCUT2D eigenvalue weighted by atomic mass is 10.1. The van der Waals surface area contributed by atoms with E-state index < -0.39 is 23.1 Å². The molecular weight excluding hydrogens is 894 g/mol. The summed E-state index contributed by atoms with van der Waals surface area (Å²) in [4.78, 5) is 68.4. The second-order valence-corrected chi connectivity index (χ2v) is 15.6. The third-order valence-corrected chi connectivity index (χ3v) is 11.5. The lowest BCUT2D eigenvalue weighted by Crippen LogP contribution is -2.44. The zero-order chi connectivity index (χ0) is 42.0. The summed E-state index contributed by atoms with van der Waals surface area (Å²) in [5.74, 6) is -0.149. The average Bonchev–Trinajstić information content (AvgIpc) is 3.80. The third-order valence-electron chi connectivity index (χ3n) is 10.4. The van der Waals surface area contributed by atoms with Crippen molar-refractivity contribution in [1.82, 2.24) is 29.1 Å². The van der Waals surface area contributed by atoms with Crippen LogP contribution in [0.5, 0.6) is 0 Å². The molecule has 61 heavy (non-hydrogen) atoms. The summed E-state index contributed by atoms with van der Waals surface area (Å²) < 4.78 is 13.1. The molecule has 6 aromatic rings. The molecule has 21 heteroatoms. The fourth-order valence-electron chi connectivity index (χ4n) is 7.55. The smallest absolute Gasteiger partial charge is 0.356 e. The van der Waals surface area contributed by atoms with Crippen LogP contribution < -0.4 is 32.4 Å². The number of hydrogen-bond donors (Lipinski definition) is 4. The molecule has 2 fully saturated rings. The Hall–Kier alpha value is -4.81. The predicted molar refractivity (Wildman–Crippen MR) is 243 cm³/mol. The second-order valence-electron chi connectivity index (χ2n) is 14.4. The van der Waals surface area contributed by atoms with Crippen molar-refractivity contribution in [2.75, 3.05) is 50.2 Å². The van der Waals surface area contributed by atoms with E-state index in [9.17, 15) is 19.2 Å². The number of aromatic nitrogens is 6. The van der Waals surface area contributed by atoms with Crippen molar-refractivity contribution in [3.63, 3.8) is 0 Å². The Labute approximate surface area is 377 Å². The van der Waals surface area contributed by atoms with E-state index in [2.05, 4.69) is 19.9 Å². The number of carbonyl (C=O) groups is 2. The number of halogens is 5. The molecule has 0 amide bonds. The quantitative estimate of drug-likeness (QED) is 0.134. The molecule has 2 aliphatic rings. The minimum Gasteiger partial charge on any atom is -0.464 e. The Morgan fingerprint density at radius 1 is 0.738 bits per heavy atom. The van der Waals surface area contributed by atoms with Gasteiger partial charge in [0.15, 0.2) is 0 Å². The monoisotopic (exact) mass is 936 g/mol. The number of pyridine rings is 2. The molecule has 6 N–H and O–H groups in total. The predicted octanol–water partition coefficient (Wildman–Crippen LogP) is 5.78. The molecule has 0 unspecified atom stereocenters. The van der Waals surface area contributed by atoms with Gasteiger partial charge in [0.2, 0.25) is 11.9 Å². The Bertz CT molecular complexity index is 2670. The van der Waals surface area contributed by atoms with Crippen LogP contribution in [0.15, 0.2) is 64.2 Å². The van der Waals surface area contributed by atoms with Gasteiger partial charge < -0.3 is 49.8 Å². The lowest BCUT2D eigenvalue weighted by Gasteiger charge is -2.32. The Morgan fingerprint density at radius 2 is 1.23 bits per heavy atom. The molecule has 8 rings (SSSR count). The molecule has 2 aliphatic heterocycles. The van der Waals surface area contributed by atoms with Crippen molar-refractivity contribution in [3.8, 4) is 0 Å². The van der Waals surface area contributed by atoms with Crippen LogP contribution in [0.4, 0.5) is 11.9 Å². The summed E-state index contributed by atoms with van der Waals surface area (Å²) in [6, 6.07) is 16.5.